The van der Waals surface area contributed by atoms with Crippen LogP contribution in [0.3, 0.4) is 0 Å². The summed E-state index contributed by atoms with van der Waals surface area (Å²) in [4.78, 5) is 44.1. The number of nitrogens with one attached hydrogen (secondary N) is 2. The normalized spacial score (nSPS) is 22.3. The molecule has 10 heteroatoms. The molecule has 2 aromatic rings. The minimum Gasteiger partial charge on any atom is -0.457 e. The van der Waals surface area contributed by atoms with E-state index in [0.29, 0.717) is 49.7 Å². The highest BCUT2D eigenvalue weighted by Gasteiger charge is 2.55. The Kier molecular flexibility index (Phi) is 11.9. The number of halogens is 1. The number of rotatable bonds is 12. The summed E-state index contributed by atoms with van der Waals surface area (Å²) in [5, 5.41) is 17.2. The third-order valence-electron chi connectivity index (χ3n) is 10.6. The highest BCUT2D eigenvalue weighted by molar-refractivity contribution is 6.00. The number of likely N-dealkylation sites (tertiary alicyclic amines) is 1. The molecule has 2 aliphatic heterocycles. The number of aliphatic hydroxyl groups excluding tert-OH is 1. The Morgan fingerprint density at radius 3 is 2.23 bits per heavy atom. The summed E-state index contributed by atoms with van der Waals surface area (Å²) in [5.41, 5.74) is 0.928. The van der Waals surface area contributed by atoms with Gasteiger partial charge in [0.15, 0.2) is 0 Å². The molecule has 3 amide bonds. The van der Waals surface area contributed by atoms with Gasteiger partial charge in [-0.2, -0.15) is 0 Å². The van der Waals surface area contributed by atoms with Crippen LogP contribution in [0.25, 0.3) is 0 Å². The van der Waals surface area contributed by atoms with E-state index >= 15 is 0 Å². The number of ether oxygens (including phenoxy) is 1. The quantitative estimate of drug-likeness (QED) is 0.278. The maximum Gasteiger partial charge on any atom is 0.251 e. The molecule has 0 radical (unpaired) electrons. The van der Waals surface area contributed by atoms with Crippen molar-refractivity contribution in [1.82, 2.24) is 20.4 Å². The molecule has 2 aliphatic carbocycles. The van der Waals surface area contributed by atoms with E-state index in [1.807, 2.05) is 29.2 Å². The van der Waals surface area contributed by atoms with Crippen molar-refractivity contribution in [2.75, 3.05) is 26.2 Å². The molecule has 2 heterocycles. The molecule has 0 aromatic heterocycles. The zero-order valence-corrected chi connectivity index (χ0v) is 28.4. The lowest BCUT2D eigenvalue weighted by Gasteiger charge is -2.52. The minimum atomic E-state index is -0.851. The lowest BCUT2D eigenvalue weighted by molar-refractivity contribution is -0.166. The number of aliphatic hydroxyl groups is 1. The minimum absolute atomic E-state index is 0. The number of benzene rings is 2. The second-order valence-electron chi connectivity index (χ2n) is 13.9. The molecule has 4 fully saturated rings. The molecule has 256 valence electrons. The maximum atomic E-state index is 13.9. The van der Waals surface area contributed by atoms with Gasteiger partial charge in [-0.15, -0.1) is 12.4 Å². The third-order valence-corrected chi connectivity index (χ3v) is 10.6. The fourth-order valence-electron chi connectivity index (χ4n) is 7.43. The molecule has 6 rings (SSSR count). The Morgan fingerprint density at radius 2 is 1.62 bits per heavy atom. The highest BCUT2D eigenvalue weighted by Crippen LogP contribution is 2.37. The summed E-state index contributed by atoms with van der Waals surface area (Å²) in [5.74, 6) is 1.85. The summed E-state index contributed by atoms with van der Waals surface area (Å²) in [6.45, 7) is 5.56. The molecule has 2 aromatic carbocycles. The van der Waals surface area contributed by atoms with Crippen LogP contribution >= 0.6 is 12.4 Å². The van der Waals surface area contributed by atoms with Crippen LogP contribution in [0, 0.1) is 11.8 Å². The fraction of sp³-hybridized carbons (Fsp3) is 0.595. The first-order chi connectivity index (χ1) is 22.4. The lowest BCUT2D eigenvalue weighted by atomic mass is 9.78. The summed E-state index contributed by atoms with van der Waals surface area (Å²) in [6, 6.07) is 14.4. The van der Waals surface area contributed by atoms with E-state index in [0.717, 1.165) is 62.9 Å². The van der Waals surface area contributed by atoms with Gasteiger partial charge in [0, 0.05) is 38.3 Å². The number of hydrogen-bond acceptors (Lipinski definition) is 6. The van der Waals surface area contributed by atoms with Crippen molar-refractivity contribution < 1.29 is 24.2 Å². The van der Waals surface area contributed by atoms with Crippen LogP contribution in [0.15, 0.2) is 48.5 Å². The number of amides is 3. The molecular weight excluding hydrogens is 616 g/mol. The van der Waals surface area contributed by atoms with Crippen molar-refractivity contribution in [3.63, 3.8) is 0 Å². The van der Waals surface area contributed by atoms with Gasteiger partial charge in [0.05, 0.1) is 6.10 Å². The summed E-state index contributed by atoms with van der Waals surface area (Å²) < 4.78 is 6.03. The Balaban J connectivity index is 0.00000433. The Hall–Kier alpha value is -3.14. The second-order valence-corrected chi connectivity index (χ2v) is 13.9. The van der Waals surface area contributed by atoms with Crippen molar-refractivity contribution in [3.8, 4) is 11.5 Å². The van der Waals surface area contributed by atoms with Crippen molar-refractivity contribution in [2.24, 2.45) is 11.8 Å². The first kappa shape index (κ1) is 35.2. The predicted molar refractivity (Wildman–Crippen MR) is 184 cm³/mol. The third kappa shape index (κ3) is 8.30. The van der Waals surface area contributed by atoms with E-state index in [1.165, 1.54) is 19.3 Å². The molecule has 0 bridgehead atoms. The number of nitrogens with zero attached hydrogens (tertiary/aromatic N) is 2. The molecule has 2 atom stereocenters. The average molecular weight is 667 g/mol. The monoisotopic (exact) mass is 666 g/mol. The summed E-state index contributed by atoms with van der Waals surface area (Å²) in [6.07, 6.45) is 9.66. The lowest BCUT2D eigenvalue weighted by Crippen LogP contribution is -2.75. The maximum absolute atomic E-state index is 13.9. The number of carbonyl (C=O) groups excluding carboxylic acids is 3. The number of piperazine rings is 1. The van der Waals surface area contributed by atoms with Crippen LogP contribution in [-0.2, 0) is 16.1 Å². The molecule has 9 nitrogen and oxygen atoms in total. The van der Waals surface area contributed by atoms with Gasteiger partial charge < -0.3 is 25.4 Å². The van der Waals surface area contributed by atoms with E-state index < -0.39 is 17.7 Å². The molecule has 4 aliphatic rings. The van der Waals surface area contributed by atoms with Crippen molar-refractivity contribution in [3.05, 3.63) is 59.7 Å². The molecule has 47 heavy (non-hydrogen) atoms. The molecule has 3 N–H and O–H groups in total. The molecule has 1 spiro atoms. The first-order valence-electron chi connectivity index (χ1n) is 17.5. The van der Waals surface area contributed by atoms with Crippen LogP contribution in [0.5, 0.6) is 11.5 Å². The number of unbranched alkanes of at least 4 members (excludes halogenated alkanes) is 1. The van der Waals surface area contributed by atoms with Crippen molar-refractivity contribution in [1.29, 1.82) is 0 Å². The zero-order valence-electron chi connectivity index (χ0n) is 27.6. The second kappa shape index (κ2) is 15.8. The van der Waals surface area contributed by atoms with Crippen LogP contribution in [0.4, 0.5) is 0 Å². The zero-order chi connectivity index (χ0) is 32.1. The van der Waals surface area contributed by atoms with Crippen molar-refractivity contribution in [2.45, 2.75) is 102 Å². The standard InChI is InChI=1S/C37H50N4O5.ClH/c1-2-3-21-41-35(44)32(33(42)28-7-5-4-6-8-28)39-36(45)37(41)19-22-40(23-20-37)25-27-11-15-30(16-12-27)46-31-17-13-29(14-18-31)34(43)38-24-26-9-10-26;/h11-18,26,28,32-33,42H,2-10,19-25H2,1H3,(H,38,43)(H,39,45);1H/t32-,33?;/m1./s1. The average Bonchev–Trinajstić information content (AvgIpc) is 3.92. The van der Waals surface area contributed by atoms with Gasteiger partial charge >= 0.3 is 0 Å². The van der Waals surface area contributed by atoms with E-state index in [-0.39, 0.29) is 36.0 Å². The molecule has 1 unspecified atom stereocenters. The van der Waals surface area contributed by atoms with E-state index in [9.17, 15) is 19.5 Å². The van der Waals surface area contributed by atoms with Gasteiger partial charge in [0.25, 0.3) is 5.91 Å². The Morgan fingerprint density at radius 1 is 0.979 bits per heavy atom. The number of carbonyl (C=O) groups is 3. The van der Waals surface area contributed by atoms with Gasteiger partial charge in [-0.1, -0.05) is 44.7 Å². The van der Waals surface area contributed by atoms with Crippen molar-refractivity contribution >= 4 is 30.1 Å². The fourth-order valence-corrected chi connectivity index (χ4v) is 7.43. The van der Waals surface area contributed by atoms with Gasteiger partial charge in [0.1, 0.15) is 23.1 Å². The first-order valence-corrected chi connectivity index (χ1v) is 17.5. The van der Waals surface area contributed by atoms with Crippen LogP contribution in [0.1, 0.15) is 93.5 Å². The van der Waals surface area contributed by atoms with Crippen LogP contribution < -0.4 is 15.4 Å². The number of piperidine rings is 1. The van der Waals surface area contributed by atoms with E-state index in [1.54, 1.807) is 12.1 Å². The van der Waals surface area contributed by atoms with Gasteiger partial charge in [-0.25, -0.2) is 0 Å². The summed E-state index contributed by atoms with van der Waals surface area (Å²) >= 11 is 0. The topological polar surface area (TPSA) is 111 Å². The molecular formula is C37H51ClN4O5. The van der Waals surface area contributed by atoms with Gasteiger partial charge in [0.2, 0.25) is 11.8 Å². The SMILES string of the molecule is CCCCN1C(=O)[C@@H](C(O)C2CCCCC2)NC(=O)C12CCN(Cc1ccc(Oc3ccc(C(=O)NCC4CC4)cc3)cc1)CC2.Cl. The Bertz CT molecular complexity index is 1350. The van der Waals surface area contributed by atoms with E-state index in [2.05, 4.69) is 34.6 Å². The van der Waals surface area contributed by atoms with Crippen LogP contribution in [-0.4, -0.2) is 76.5 Å². The molecule has 2 saturated heterocycles. The molecule has 2 saturated carbocycles. The van der Waals surface area contributed by atoms with E-state index in [4.69, 9.17) is 4.74 Å². The highest BCUT2D eigenvalue weighted by atomic mass is 35.5. The van der Waals surface area contributed by atoms with Gasteiger partial charge in [-0.3, -0.25) is 19.3 Å². The smallest absolute Gasteiger partial charge is 0.251 e. The van der Waals surface area contributed by atoms with Crippen LogP contribution in [0.2, 0.25) is 0 Å². The number of hydrogen-bond donors (Lipinski definition) is 3. The van der Waals surface area contributed by atoms with Gasteiger partial charge in [-0.05, 0) is 98.7 Å². The Labute approximate surface area is 285 Å². The summed E-state index contributed by atoms with van der Waals surface area (Å²) in [7, 11) is 0. The predicted octanol–water partition coefficient (Wildman–Crippen LogP) is 5.44. The largest absolute Gasteiger partial charge is 0.457 e.